The fourth-order valence-electron chi connectivity index (χ4n) is 1.26. The number of terminal acetylenes is 1. The average molecular weight is 281 g/mol. The molecule has 0 amide bonds. The first-order chi connectivity index (χ1) is 7.65. The summed E-state index contributed by atoms with van der Waals surface area (Å²) in [5.74, 6) is 3.16. The second kappa shape index (κ2) is 6.34. The van der Waals surface area contributed by atoms with Gasteiger partial charge in [0.1, 0.15) is 5.75 Å². The highest BCUT2D eigenvalue weighted by Crippen LogP contribution is 2.23. The van der Waals surface area contributed by atoms with E-state index in [-0.39, 0.29) is 5.78 Å². The van der Waals surface area contributed by atoms with Crippen LogP contribution in [0.2, 0.25) is 0 Å². The van der Waals surface area contributed by atoms with Crippen LogP contribution in [0.3, 0.4) is 0 Å². The Kier molecular flexibility index (Phi) is 5.07. The maximum atomic E-state index is 11.4. The zero-order valence-electron chi connectivity index (χ0n) is 9.13. The van der Waals surface area contributed by atoms with Crippen molar-refractivity contribution in [2.45, 2.75) is 19.8 Å². The lowest BCUT2D eigenvalue weighted by molar-refractivity contribution is 0.101. The summed E-state index contributed by atoms with van der Waals surface area (Å²) in [6, 6.07) is 5.40. The molecule has 84 valence electrons. The van der Waals surface area contributed by atoms with Crippen LogP contribution in [0.15, 0.2) is 22.7 Å². The molecule has 0 unspecified atom stereocenters. The Morgan fingerprint density at radius 1 is 1.56 bits per heavy atom. The third-order valence-corrected chi connectivity index (χ3v) is 2.54. The number of carbonyl (C=O) groups is 1. The molecule has 1 aromatic rings. The third kappa shape index (κ3) is 3.71. The number of Topliss-reactive ketones (excluding diaryl/α,β-unsaturated/α-hetero) is 1. The van der Waals surface area contributed by atoms with Gasteiger partial charge in [0.25, 0.3) is 0 Å². The summed E-state index contributed by atoms with van der Waals surface area (Å²) in [6.07, 6.45) is 6.62. The summed E-state index contributed by atoms with van der Waals surface area (Å²) in [5.41, 5.74) is 0.593. The van der Waals surface area contributed by atoms with E-state index in [1.807, 2.05) is 6.07 Å². The van der Waals surface area contributed by atoms with Crippen molar-refractivity contribution in [3.63, 3.8) is 0 Å². The number of unbranched alkanes of at least 4 members (excludes halogenated alkanes) is 1. The van der Waals surface area contributed by atoms with Crippen LogP contribution < -0.4 is 4.74 Å². The van der Waals surface area contributed by atoms with E-state index in [9.17, 15) is 4.79 Å². The molecule has 0 radical (unpaired) electrons. The van der Waals surface area contributed by atoms with E-state index in [1.165, 1.54) is 6.92 Å². The molecule has 16 heavy (non-hydrogen) atoms. The summed E-state index contributed by atoms with van der Waals surface area (Å²) in [7, 11) is 0. The molecule has 0 fully saturated rings. The molecule has 3 heteroatoms. The van der Waals surface area contributed by atoms with Gasteiger partial charge in [0, 0.05) is 10.9 Å². The molecule has 0 aliphatic carbocycles. The van der Waals surface area contributed by atoms with Crippen molar-refractivity contribution in [2.24, 2.45) is 0 Å². The Hall–Kier alpha value is -1.27. The fourth-order valence-corrected chi connectivity index (χ4v) is 1.62. The number of ether oxygens (including phenoxy) is 1. The van der Waals surface area contributed by atoms with E-state index in [0.29, 0.717) is 24.3 Å². The van der Waals surface area contributed by atoms with Gasteiger partial charge >= 0.3 is 0 Å². The molecule has 1 rings (SSSR count). The SMILES string of the molecule is C#CCCCOc1ccc(Br)cc1C(C)=O. The number of halogens is 1. The molecule has 0 heterocycles. The molecule has 0 aliphatic heterocycles. The van der Waals surface area contributed by atoms with E-state index in [0.717, 1.165) is 10.9 Å². The van der Waals surface area contributed by atoms with Crippen LogP contribution >= 0.6 is 15.9 Å². The predicted molar refractivity (Wildman–Crippen MR) is 67.7 cm³/mol. The van der Waals surface area contributed by atoms with E-state index in [2.05, 4.69) is 21.9 Å². The number of hydrogen-bond acceptors (Lipinski definition) is 2. The van der Waals surface area contributed by atoms with Gasteiger partial charge in [0.05, 0.1) is 12.2 Å². The lowest BCUT2D eigenvalue weighted by atomic mass is 10.1. The van der Waals surface area contributed by atoms with Crippen molar-refractivity contribution in [2.75, 3.05) is 6.61 Å². The normalized spacial score (nSPS) is 9.56. The summed E-state index contributed by atoms with van der Waals surface area (Å²) >= 11 is 3.32. The second-order valence-corrected chi connectivity index (χ2v) is 4.27. The van der Waals surface area contributed by atoms with Gasteiger partial charge in [-0.15, -0.1) is 12.3 Å². The first-order valence-electron chi connectivity index (χ1n) is 5.02. The van der Waals surface area contributed by atoms with Crippen molar-refractivity contribution in [3.05, 3.63) is 28.2 Å². The van der Waals surface area contributed by atoms with Crippen LogP contribution in [-0.2, 0) is 0 Å². The van der Waals surface area contributed by atoms with Gasteiger partial charge in [-0.2, -0.15) is 0 Å². The van der Waals surface area contributed by atoms with E-state index < -0.39 is 0 Å². The Labute approximate surface area is 104 Å². The number of rotatable bonds is 5. The number of ketones is 1. The van der Waals surface area contributed by atoms with Gasteiger partial charge in [0.2, 0.25) is 0 Å². The minimum absolute atomic E-state index is 0.00625. The molecule has 0 aliphatic rings. The maximum Gasteiger partial charge on any atom is 0.163 e. The lowest BCUT2D eigenvalue weighted by Gasteiger charge is -2.09. The summed E-state index contributed by atoms with van der Waals surface area (Å²) in [4.78, 5) is 11.4. The van der Waals surface area contributed by atoms with Crippen LogP contribution in [0.25, 0.3) is 0 Å². The van der Waals surface area contributed by atoms with Crippen LogP contribution in [0.5, 0.6) is 5.75 Å². The molecule has 2 nitrogen and oxygen atoms in total. The van der Waals surface area contributed by atoms with Gasteiger partial charge in [-0.25, -0.2) is 0 Å². The molecule has 0 N–H and O–H groups in total. The quantitative estimate of drug-likeness (QED) is 0.469. The number of carbonyl (C=O) groups excluding carboxylic acids is 1. The van der Waals surface area contributed by atoms with Crippen molar-refractivity contribution in [1.29, 1.82) is 0 Å². The smallest absolute Gasteiger partial charge is 0.163 e. The summed E-state index contributed by atoms with van der Waals surface area (Å²) in [6.45, 7) is 2.06. The van der Waals surface area contributed by atoms with Crippen molar-refractivity contribution in [1.82, 2.24) is 0 Å². The van der Waals surface area contributed by atoms with Crippen molar-refractivity contribution >= 4 is 21.7 Å². The van der Waals surface area contributed by atoms with Gasteiger partial charge in [0.15, 0.2) is 5.78 Å². The third-order valence-electron chi connectivity index (χ3n) is 2.04. The predicted octanol–water partition coefficient (Wildman–Crippen LogP) is 3.44. The molecule has 0 atom stereocenters. The van der Waals surface area contributed by atoms with Crippen LogP contribution in [0, 0.1) is 12.3 Å². The Morgan fingerprint density at radius 2 is 2.31 bits per heavy atom. The highest BCUT2D eigenvalue weighted by atomic mass is 79.9. The minimum Gasteiger partial charge on any atom is -0.493 e. The van der Waals surface area contributed by atoms with E-state index in [4.69, 9.17) is 11.2 Å². The van der Waals surface area contributed by atoms with Crippen molar-refractivity contribution < 1.29 is 9.53 Å². The molecular formula is C13H13BrO2. The zero-order valence-corrected chi connectivity index (χ0v) is 10.7. The first kappa shape index (κ1) is 12.8. The van der Waals surface area contributed by atoms with Crippen LogP contribution in [0.4, 0.5) is 0 Å². The maximum absolute atomic E-state index is 11.4. The van der Waals surface area contributed by atoms with E-state index in [1.54, 1.807) is 12.1 Å². The topological polar surface area (TPSA) is 26.3 Å². The molecular weight excluding hydrogens is 268 g/mol. The Balaban J connectivity index is 2.72. The number of hydrogen-bond donors (Lipinski definition) is 0. The first-order valence-corrected chi connectivity index (χ1v) is 5.81. The summed E-state index contributed by atoms with van der Waals surface area (Å²) < 4.78 is 6.39. The van der Waals surface area contributed by atoms with Crippen LogP contribution in [-0.4, -0.2) is 12.4 Å². The molecule has 1 aromatic carbocycles. The number of benzene rings is 1. The highest BCUT2D eigenvalue weighted by Gasteiger charge is 2.08. The molecule has 0 aromatic heterocycles. The minimum atomic E-state index is -0.00625. The van der Waals surface area contributed by atoms with E-state index >= 15 is 0 Å². The fraction of sp³-hybridized carbons (Fsp3) is 0.308. The standard InChI is InChI=1S/C13H13BrO2/c1-3-4-5-8-16-13-7-6-11(14)9-12(13)10(2)15/h1,6-7,9H,4-5,8H2,2H3. The van der Waals surface area contributed by atoms with Gasteiger partial charge in [-0.1, -0.05) is 15.9 Å². The Bertz CT molecular complexity index is 418. The van der Waals surface area contributed by atoms with Gasteiger partial charge < -0.3 is 4.74 Å². The lowest BCUT2D eigenvalue weighted by Crippen LogP contribution is -2.02. The molecule has 0 spiro atoms. The largest absolute Gasteiger partial charge is 0.493 e. The monoisotopic (exact) mass is 280 g/mol. The molecule has 0 saturated heterocycles. The average Bonchev–Trinajstić information content (AvgIpc) is 2.26. The highest BCUT2D eigenvalue weighted by molar-refractivity contribution is 9.10. The zero-order chi connectivity index (χ0) is 12.0. The second-order valence-electron chi connectivity index (χ2n) is 3.35. The van der Waals surface area contributed by atoms with Gasteiger partial charge in [-0.05, 0) is 31.5 Å². The summed E-state index contributed by atoms with van der Waals surface area (Å²) in [5, 5.41) is 0. The van der Waals surface area contributed by atoms with Crippen molar-refractivity contribution in [3.8, 4) is 18.1 Å². The molecule has 0 saturated carbocycles. The van der Waals surface area contributed by atoms with Crippen LogP contribution in [0.1, 0.15) is 30.1 Å². The van der Waals surface area contributed by atoms with Gasteiger partial charge in [-0.3, -0.25) is 4.79 Å². The molecule has 0 bridgehead atoms. The Morgan fingerprint density at radius 3 is 2.94 bits per heavy atom.